The quantitative estimate of drug-likeness (QED) is 0.121. The van der Waals surface area contributed by atoms with Crippen LogP contribution in [-0.4, -0.2) is 43.8 Å². The molecule has 0 heterocycles. The summed E-state index contributed by atoms with van der Waals surface area (Å²) < 4.78 is 28.3. The summed E-state index contributed by atoms with van der Waals surface area (Å²) in [6, 6.07) is 16.7. The molecule has 0 bridgehead atoms. The molecule has 2 atom stereocenters. The first kappa shape index (κ1) is 32.2. The number of hydrogen-bond acceptors (Lipinski definition) is 6. The number of phenolic OH excluding ortho intramolecular Hbond substituents is 1. The number of carbonyl (C=O) groups is 1. The van der Waals surface area contributed by atoms with Crippen LogP contribution in [0.5, 0.6) is 5.75 Å². The topological polar surface area (TPSA) is 140 Å². The molecule has 0 radical (unpaired) electrons. The average molecular weight is 603 g/mol. The van der Waals surface area contributed by atoms with Crippen molar-refractivity contribution in [3.05, 3.63) is 82.9 Å². The number of hydrogen-bond donors (Lipinski definition) is 6. The number of phenols is 1. The minimum Gasteiger partial charge on any atom is -0.508 e. The predicted octanol–water partition coefficient (Wildman–Crippen LogP) is 5.80. The van der Waals surface area contributed by atoms with Crippen molar-refractivity contribution in [3.8, 4) is 5.75 Å². The third kappa shape index (κ3) is 10.2. The summed E-state index contributed by atoms with van der Waals surface area (Å²) >= 11 is 6.44. The highest BCUT2D eigenvalue weighted by atomic mass is 35.5. The third-order valence-corrected chi connectivity index (χ3v) is 8.36. The van der Waals surface area contributed by atoms with E-state index in [2.05, 4.69) is 27.6 Å². The van der Waals surface area contributed by atoms with E-state index in [1.807, 2.05) is 6.92 Å². The molecular weight excluding hydrogens is 564 g/mol. The van der Waals surface area contributed by atoms with Gasteiger partial charge in [0, 0.05) is 23.3 Å². The van der Waals surface area contributed by atoms with Crippen molar-refractivity contribution in [2.24, 2.45) is 0 Å². The second-order valence-electron chi connectivity index (χ2n) is 9.91. The lowest BCUT2D eigenvalue weighted by Gasteiger charge is -2.21. The zero-order valence-corrected chi connectivity index (χ0v) is 24.9. The molecule has 0 aliphatic carbocycles. The summed E-state index contributed by atoms with van der Waals surface area (Å²) in [5, 5.41) is 29.1. The first-order valence-corrected chi connectivity index (χ1v) is 15.6. The van der Waals surface area contributed by atoms with Gasteiger partial charge in [-0.2, -0.15) is 0 Å². The Hall–Kier alpha value is -3.31. The van der Waals surface area contributed by atoms with E-state index >= 15 is 0 Å². The van der Waals surface area contributed by atoms with Crippen LogP contribution in [0.4, 0.5) is 16.2 Å². The Balaban J connectivity index is 1.49. The summed E-state index contributed by atoms with van der Waals surface area (Å²) in [5.74, 6) is 0.140. The number of carbonyl (C=O) groups excluding carboxylic acids is 1. The summed E-state index contributed by atoms with van der Waals surface area (Å²) in [6.45, 7) is 5.12. The monoisotopic (exact) mass is 602 g/mol. The van der Waals surface area contributed by atoms with Gasteiger partial charge in [-0.15, -0.1) is 0 Å². The van der Waals surface area contributed by atoms with Gasteiger partial charge in [0.1, 0.15) is 5.75 Å². The van der Waals surface area contributed by atoms with Crippen LogP contribution in [-0.2, 0) is 16.4 Å². The number of rotatable bonds is 15. The van der Waals surface area contributed by atoms with Gasteiger partial charge in [0.05, 0.1) is 16.7 Å². The molecule has 0 aromatic heterocycles. The fourth-order valence-electron chi connectivity index (χ4n) is 4.18. The minimum atomic E-state index is -3.87. The molecule has 0 saturated heterocycles. The lowest BCUT2D eigenvalue weighted by atomic mass is 10.0. The largest absolute Gasteiger partial charge is 0.508 e. The zero-order chi connectivity index (χ0) is 29.8. The average Bonchev–Trinajstić information content (AvgIpc) is 2.94. The van der Waals surface area contributed by atoms with E-state index in [0.29, 0.717) is 41.5 Å². The fourth-order valence-corrected chi connectivity index (χ4v) is 5.50. The molecule has 2 amide bonds. The van der Waals surface area contributed by atoms with Gasteiger partial charge in [-0.25, -0.2) is 13.2 Å². The molecule has 6 N–H and O–H groups in total. The lowest BCUT2D eigenvalue weighted by Crippen LogP contribution is -2.33. The van der Waals surface area contributed by atoms with Crippen molar-refractivity contribution in [1.29, 1.82) is 0 Å². The SMILES string of the molecule is CCCCCCNC(=O)Nc1ccc(S(=O)(=O)Nc2ccc(CCN[C@@H](C)[C@H](O)c3ccc(O)cc3)c(Cl)c2)cc1. The predicted molar refractivity (Wildman–Crippen MR) is 164 cm³/mol. The van der Waals surface area contributed by atoms with Crippen LogP contribution in [0.15, 0.2) is 71.6 Å². The van der Waals surface area contributed by atoms with Gasteiger partial charge >= 0.3 is 6.03 Å². The number of amides is 2. The van der Waals surface area contributed by atoms with E-state index in [1.165, 1.54) is 36.4 Å². The maximum atomic E-state index is 12.9. The lowest BCUT2D eigenvalue weighted by molar-refractivity contribution is 0.136. The van der Waals surface area contributed by atoms with E-state index in [4.69, 9.17) is 11.6 Å². The molecule has 222 valence electrons. The second-order valence-corrected chi connectivity index (χ2v) is 12.0. The molecule has 41 heavy (non-hydrogen) atoms. The highest BCUT2D eigenvalue weighted by Gasteiger charge is 2.17. The Morgan fingerprint density at radius 1 is 0.927 bits per heavy atom. The molecule has 9 nitrogen and oxygen atoms in total. The second kappa shape index (κ2) is 15.6. The van der Waals surface area contributed by atoms with Crippen LogP contribution in [0.2, 0.25) is 5.02 Å². The number of urea groups is 1. The number of aliphatic hydroxyl groups is 1. The molecule has 3 rings (SSSR count). The zero-order valence-electron chi connectivity index (χ0n) is 23.4. The number of aromatic hydroxyl groups is 1. The van der Waals surface area contributed by atoms with Crippen molar-refractivity contribution in [1.82, 2.24) is 10.6 Å². The normalized spacial score (nSPS) is 12.9. The Morgan fingerprint density at radius 3 is 2.27 bits per heavy atom. The molecule has 0 aliphatic rings. The van der Waals surface area contributed by atoms with Crippen LogP contribution in [0.25, 0.3) is 0 Å². The smallest absolute Gasteiger partial charge is 0.319 e. The van der Waals surface area contributed by atoms with Gasteiger partial charge in [0.15, 0.2) is 0 Å². The number of halogens is 1. The van der Waals surface area contributed by atoms with Crippen molar-refractivity contribution in [3.63, 3.8) is 0 Å². The molecule has 0 aliphatic heterocycles. The van der Waals surface area contributed by atoms with Crippen LogP contribution in [0, 0.1) is 0 Å². The van der Waals surface area contributed by atoms with E-state index < -0.39 is 16.1 Å². The Morgan fingerprint density at radius 2 is 1.61 bits per heavy atom. The van der Waals surface area contributed by atoms with Gasteiger partial charge in [-0.05, 0) is 86.0 Å². The van der Waals surface area contributed by atoms with E-state index in [0.717, 1.165) is 31.2 Å². The molecule has 0 unspecified atom stereocenters. The van der Waals surface area contributed by atoms with E-state index in [-0.39, 0.29) is 22.7 Å². The molecule has 0 fully saturated rings. The summed E-state index contributed by atoms with van der Waals surface area (Å²) in [6.07, 6.45) is 4.06. The maximum absolute atomic E-state index is 12.9. The number of unbranched alkanes of at least 4 members (excludes halogenated alkanes) is 3. The van der Waals surface area contributed by atoms with Crippen molar-refractivity contribution < 1.29 is 23.4 Å². The molecule has 0 spiro atoms. The summed E-state index contributed by atoms with van der Waals surface area (Å²) in [4.78, 5) is 12.1. The number of benzene rings is 3. The standard InChI is InChI=1S/C30H39ClN4O5S/c1-3-4-5-6-18-33-30(38)34-24-11-15-27(16-12-24)41(39,40)35-25-10-7-22(28(31)20-25)17-19-32-21(2)29(37)23-8-13-26(36)14-9-23/h7-16,20-21,29,32,35-37H,3-6,17-19H2,1-2H3,(H2,33,34,38)/t21-,29-/m0/s1. The van der Waals surface area contributed by atoms with E-state index in [9.17, 15) is 23.4 Å². The van der Waals surface area contributed by atoms with Crippen LogP contribution in [0.1, 0.15) is 56.8 Å². The number of nitrogens with one attached hydrogen (secondary N) is 4. The van der Waals surface area contributed by atoms with Gasteiger partial charge < -0.3 is 26.2 Å². The van der Waals surface area contributed by atoms with E-state index in [1.54, 1.807) is 30.3 Å². The molecule has 3 aromatic carbocycles. The summed E-state index contributed by atoms with van der Waals surface area (Å²) in [7, 11) is -3.87. The molecule has 11 heteroatoms. The van der Waals surface area contributed by atoms with Crippen molar-refractivity contribution in [2.45, 2.75) is 63.0 Å². The van der Waals surface area contributed by atoms with Crippen LogP contribution < -0.4 is 20.7 Å². The fraction of sp³-hybridized carbons (Fsp3) is 0.367. The van der Waals surface area contributed by atoms with Crippen LogP contribution in [0.3, 0.4) is 0 Å². The number of sulfonamides is 1. The van der Waals surface area contributed by atoms with Crippen LogP contribution >= 0.6 is 11.6 Å². The van der Waals surface area contributed by atoms with Gasteiger partial charge in [-0.1, -0.05) is 56.0 Å². The third-order valence-electron chi connectivity index (χ3n) is 6.61. The maximum Gasteiger partial charge on any atom is 0.319 e. The highest BCUT2D eigenvalue weighted by molar-refractivity contribution is 7.92. The Kier molecular flexibility index (Phi) is 12.3. The first-order chi connectivity index (χ1) is 19.6. The van der Waals surface area contributed by atoms with Gasteiger partial charge in [0.25, 0.3) is 10.0 Å². The Bertz CT molecular complexity index is 1370. The number of aliphatic hydroxyl groups excluding tert-OH is 1. The molecular formula is C30H39ClN4O5S. The van der Waals surface area contributed by atoms with Crippen molar-refractivity contribution in [2.75, 3.05) is 23.1 Å². The number of anilines is 2. The van der Waals surface area contributed by atoms with Gasteiger partial charge in [0.2, 0.25) is 0 Å². The summed E-state index contributed by atoms with van der Waals surface area (Å²) in [5.41, 5.74) is 2.34. The molecule has 3 aromatic rings. The highest BCUT2D eigenvalue weighted by Crippen LogP contribution is 2.25. The molecule has 0 saturated carbocycles. The minimum absolute atomic E-state index is 0.0496. The Labute approximate surface area is 247 Å². The van der Waals surface area contributed by atoms with Gasteiger partial charge in [-0.3, -0.25) is 4.72 Å². The van der Waals surface area contributed by atoms with Crippen molar-refractivity contribution >= 4 is 39.0 Å². The first-order valence-electron chi connectivity index (χ1n) is 13.8.